The van der Waals surface area contributed by atoms with Gasteiger partial charge in [0.25, 0.3) is 0 Å². The number of carbonyl (C=O) groups is 1. The van der Waals surface area contributed by atoms with Gasteiger partial charge in [-0.1, -0.05) is 0 Å². The van der Waals surface area contributed by atoms with Crippen LogP contribution in [0.15, 0.2) is 0 Å². The summed E-state index contributed by atoms with van der Waals surface area (Å²) in [7, 11) is 0. The number of ether oxygens (including phenoxy) is 2. The molecule has 1 atom stereocenters. The third-order valence-electron chi connectivity index (χ3n) is 3.58. The molecule has 104 valence electrons. The maximum absolute atomic E-state index is 12.1. The summed E-state index contributed by atoms with van der Waals surface area (Å²) >= 11 is 0. The molecule has 2 rings (SSSR count). The molecule has 5 nitrogen and oxygen atoms in total. The zero-order valence-corrected chi connectivity index (χ0v) is 11.4. The van der Waals surface area contributed by atoms with Crippen molar-refractivity contribution in [2.75, 3.05) is 19.8 Å². The van der Waals surface area contributed by atoms with E-state index in [9.17, 15) is 9.90 Å². The Kier molecular flexibility index (Phi) is 3.56. The van der Waals surface area contributed by atoms with Gasteiger partial charge in [0.2, 0.25) is 0 Å². The lowest BCUT2D eigenvalue weighted by molar-refractivity contribution is -0.172. The van der Waals surface area contributed by atoms with Crippen molar-refractivity contribution in [3.63, 3.8) is 0 Å². The minimum atomic E-state index is -0.512. The molecule has 1 N–H and O–H groups in total. The van der Waals surface area contributed by atoms with E-state index in [1.807, 2.05) is 20.8 Å². The number of carbonyl (C=O) groups excluding carboxylic acids is 1. The van der Waals surface area contributed by atoms with Gasteiger partial charge in [-0.2, -0.15) is 0 Å². The third-order valence-corrected chi connectivity index (χ3v) is 3.58. The van der Waals surface area contributed by atoms with Gasteiger partial charge < -0.3 is 14.6 Å². The molecule has 0 bridgehead atoms. The van der Waals surface area contributed by atoms with Crippen molar-refractivity contribution in [1.29, 1.82) is 0 Å². The molecule has 1 heterocycles. The van der Waals surface area contributed by atoms with Gasteiger partial charge in [0.15, 0.2) is 0 Å². The van der Waals surface area contributed by atoms with E-state index in [4.69, 9.17) is 9.47 Å². The first-order valence-electron chi connectivity index (χ1n) is 6.60. The molecule has 1 amide bonds. The highest BCUT2D eigenvalue weighted by atomic mass is 16.6. The average molecular weight is 257 g/mol. The van der Waals surface area contributed by atoms with E-state index < -0.39 is 5.60 Å². The van der Waals surface area contributed by atoms with Crippen molar-refractivity contribution in [1.82, 2.24) is 4.90 Å². The lowest BCUT2D eigenvalue weighted by Gasteiger charge is -2.50. The highest BCUT2D eigenvalue weighted by Gasteiger charge is 2.47. The fourth-order valence-electron chi connectivity index (χ4n) is 2.41. The van der Waals surface area contributed by atoms with Crippen LogP contribution >= 0.6 is 0 Å². The SMILES string of the molecule is CC(C)(C)OC(=O)N1CC2(CCC2)OCC1CO. The normalized spacial score (nSPS) is 26.9. The summed E-state index contributed by atoms with van der Waals surface area (Å²) in [6.07, 6.45) is 2.78. The molecular weight excluding hydrogens is 234 g/mol. The second-order valence-corrected chi connectivity index (χ2v) is 6.29. The van der Waals surface area contributed by atoms with Crippen LogP contribution in [0.2, 0.25) is 0 Å². The Bertz CT molecular complexity index is 319. The van der Waals surface area contributed by atoms with E-state index in [0.717, 1.165) is 19.3 Å². The maximum atomic E-state index is 12.1. The zero-order valence-electron chi connectivity index (χ0n) is 11.4. The number of rotatable bonds is 1. The standard InChI is InChI=1S/C13H23NO4/c1-12(2,3)18-11(16)14-9-13(5-4-6-13)17-8-10(14)7-15/h10,15H,4-9H2,1-3H3. The fourth-order valence-corrected chi connectivity index (χ4v) is 2.41. The van der Waals surface area contributed by atoms with Crippen molar-refractivity contribution >= 4 is 6.09 Å². The molecule has 0 aromatic rings. The Labute approximate surface area is 108 Å². The van der Waals surface area contributed by atoms with E-state index in [1.165, 1.54) is 0 Å². The largest absolute Gasteiger partial charge is 0.444 e. The van der Waals surface area contributed by atoms with Crippen molar-refractivity contribution in [3.8, 4) is 0 Å². The minimum absolute atomic E-state index is 0.0880. The molecule has 0 aromatic carbocycles. The molecule has 0 aromatic heterocycles. The Hall–Kier alpha value is -0.810. The van der Waals surface area contributed by atoms with Crippen LogP contribution in [0.1, 0.15) is 40.0 Å². The molecule has 1 aliphatic carbocycles. The van der Waals surface area contributed by atoms with Gasteiger partial charge in [-0.05, 0) is 40.0 Å². The van der Waals surface area contributed by atoms with Crippen LogP contribution in [0, 0.1) is 0 Å². The summed E-state index contributed by atoms with van der Waals surface area (Å²) in [6, 6.07) is -0.286. The molecule has 1 unspecified atom stereocenters. The summed E-state index contributed by atoms with van der Waals surface area (Å²) < 4.78 is 11.2. The molecule has 1 saturated heterocycles. The smallest absolute Gasteiger partial charge is 0.410 e. The highest BCUT2D eigenvalue weighted by molar-refractivity contribution is 5.69. The van der Waals surface area contributed by atoms with E-state index in [-0.39, 0.29) is 24.3 Å². The number of hydrogen-bond donors (Lipinski definition) is 1. The monoisotopic (exact) mass is 257 g/mol. The fraction of sp³-hybridized carbons (Fsp3) is 0.923. The van der Waals surface area contributed by atoms with Crippen LogP contribution in [0.4, 0.5) is 4.79 Å². The van der Waals surface area contributed by atoms with Gasteiger partial charge >= 0.3 is 6.09 Å². The first kappa shape index (κ1) is 13.6. The predicted molar refractivity (Wildman–Crippen MR) is 66.3 cm³/mol. The Balaban J connectivity index is 2.04. The molecule has 2 aliphatic rings. The Morgan fingerprint density at radius 2 is 2.17 bits per heavy atom. The number of aliphatic hydroxyl groups is 1. The molecular formula is C13H23NO4. The minimum Gasteiger partial charge on any atom is -0.444 e. The summed E-state index contributed by atoms with van der Waals surface area (Å²) in [5.74, 6) is 0. The average Bonchev–Trinajstić information content (AvgIpc) is 2.23. The molecule has 1 spiro atoms. The summed E-state index contributed by atoms with van der Waals surface area (Å²) in [5.41, 5.74) is -0.690. The van der Waals surface area contributed by atoms with E-state index in [1.54, 1.807) is 4.90 Å². The number of amides is 1. The van der Waals surface area contributed by atoms with Crippen LogP contribution in [-0.4, -0.2) is 53.1 Å². The maximum Gasteiger partial charge on any atom is 0.410 e. The van der Waals surface area contributed by atoms with Gasteiger partial charge in [-0.25, -0.2) is 4.79 Å². The lowest BCUT2D eigenvalue weighted by atomic mass is 9.78. The van der Waals surface area contributed by atoms with Crippen molar-refractivity contribution in [2.45, 2.75) is 57.3 Å². The molecule has 5 heteroatoms. The van der Waals surface area contributed by atoms with Crippen molar-refractivity contribution < 1.29 is 19.4 Å². The van der Waals surface area contributed by atoms with Crippen molar-refractivity contribution in [2.24, 2.45) is 0 Å². The van der Waals surface area contributed by atoms with Crippen LogP contribution in [0.25, 0.3) is 0 Å². The highest BCUT2D eigenvalue weighted by Crippen LogP contribution is 2.39. The summed E-state index contributed by atoms with van der Waals surface area (Å²) in [6.45, 7) is 6.38. The molecule has 0 radical (unpaired) electrons. The van der Waals surface area contributed by atoms with Crippen LogP contribution in [0.3, 0.4) is 0 Å². The van der Waals surface area contributed by atoms with E-state index in [0.29, 0.717) is 13.2 Å². The van der Waals surface area contributed by atoms with Gasteiger partial charge in [-0.15, -0.1) is 0 Å². The van der Waals surface area contributed by atoms with Crippen LogP contribution < -0.4 is 0 Å². The van der Waals surface area contributed by atoms with Gasteiger partial charge in [0, 0.05) is 0 Å². The topological polar surface area (TPSA) is 59.0 Å². The van der Waals surface area contributed by atoms with Crippen LogP contribution in [0.5, 0.6) is 0 Å². The second kappa shape index (κ2) is 4.70. The third kappa shape index (κ3) is 2.78. The molecule has 18 heavy (non-hydrogen) atoms. The predicted octanol–water partition coefficient (Wildman–Crippen LogP) is 1.54. The lowest BCUT2D eigenvalue weighted by Crippen LogP contribution is -2.62. The Morgan fingerprint density at radius 3 is 2.61 bits per heavy atom. The molecule has 1 saturated carbocycles. The van der Waals surface area contributed by atoms with Crippen molar-refractivity contribution in [3.05, 3.63) is 0 Å². The first-order valence-corrected chi connectivity index (χ1v) is 6.60. The first-order chi connectivity index (χ1) is 8.35. The van der Waals surface area contributed by atoms with E-state index >= 15 is 0 Å². The number of morpholine rings is 1. The second-order valence-electron chi connectivity index (χ2n) is 6.29. The summed E-state index contributed by atoms with van der Waals surface area (Å²) in [5, 5.41) is 9.34. The van der Waals surface area contributed by atoms with Gasteiger partial charge in [0.05, 0.1) is 31.4 Å². The zero-order chi connectivity index (χ0) is 13.4. The number of aliphatic hydroxyl groups excluding tert-OH is 1. The van der Waals surface area contributed by atoms with Gasteiger partial charge in [-0.3, -0.25) is 4.90 Å². The summed E-state index contributed by atoms with van der Waals surface area (Å²) in [4.78, 5) is 13.8. The molecule has 2 fully saturated rings. The quantitative estimate of drug-likeness (QED) is 0.774. The molecule has 1 aliphatic heterocycles. The number of nitrogens with zero attached hydrogens (tertiary/aromatic N) is 1. The van der Waals surface area contributed by atoms with Gasteiger partial charge in [0.1, 0.15) is 5.60 Å². The van der Waals surface area contributed by atoms with Crippen LogP contribution in [-0.2, 0) is 9.47 Å². The Morgan fingerprint density at radius 1 is 1.50 bits per heavy atom. The van der Waals surface area contributed by atoms with E-state index in [2.05, 4.69) is 0 Å². The number of hydrogen-bond acceptors (Lipinski definition) is 4.